The highest BCUT2D eigenvalue weighted by atomic mass is 79.9. The van der Waals surface area contributed by atoms with Crippen LogP contribution in [0.4, 0.5) is 0 Å². The van der Waals surface area contributed by atoms with Crippen molar-refractivity contribution in [2.45, 2.75) is 117 Å². The molecular formula is C46H50B3BrO6S4. The number of rotatable bonds is 2. The van der Waals surface area contributed by atoms with E-state index in [-0.39, 0.29) is 40.7 Å². The molecule has 0 atom stereocenters. The molecule has 3 fully saturated rings. The lowest BCUT2D eigenvalue weighted by molar-refractivity contribution is 0.00578. The van der Waals surface area contributed by atoms with E-state index in [2.05, 4.69) is 127 Å². The molecule has 0 unspecified atom stereocenters. The average Bonchev–Trinajstić information content (AvgIpc) is 4.02. The fourth-order valence-corrected chi connectivity index (χ4v) is 12.4. The summed E-state index contributed by atoms with van der Waals surface area (Å²) in [5, 5.41) is 15.0. The molecule has 8 aromatic rings. The van der Waals surface area contributed by atoms with Crippen molar-refractivity contribution in [3.05, 3.63) is 87.3 Å². The summed E-state index contributed by atoms with van der Waals surface area (Å²) in [7, 11) is -1.24. The van der Waals surface area contributed by atoms with Crippen molar-refractivity contribution < 1.29 is 27.9 Å². The van der Waals surface area contributed by atoms with Gasteiger partial charge < -0.3 is 27.9 Å². The van der Waals surface area contributed by atoms with E-state index in [0.29, 0.717) is 0 Å². The number of thiophene rings is 4. The Balaban J connectivity index is 0.000000119. The first-order valence-corrected chi connectivity index (χ1v) is 24.6. The molecule has 0 spiro atoms. The Labute approximate surface area is 378 Å². The third kappa shape index (κ3) is 7.33. The lowest BCUT2D eigenvalue weighted by atomic mass is 9.49. The molecule has 0 aliphatic carbocycles. The first kappa shape index (κ1) is 43.0. The molecule has 0 bridgehead atoms. The largest absolute Gasteiger partial charge is 0.505 e. The zero-order valence-electron chi connectivity index (χ0n) is 36.3. The molecule has 4 aromatic heterocycles. The third-order valence-electron chi connectivity index (χ3n) is 13.4. The first-order valence-electron chi connectivity index (χ1n) is 20.4. The van der Waals surface area contributed by atoms with Gasteiger partial charge in [-0.15, -0.1) is 45.3 Å². The summed E-state index contributed by atoms with van der Waals surface area (Å²) in [6.07, 6.45) is 0. The van der Waals surface area contributed by atoms with Crippen LogP contribution in [0.3, 0.4) is 0 Å². The van der Waals surface area contributed by atoms with Gasteiger partial charge in [-0.05, 0) is 156 Å². The third-order valence-corrected chi connectivity index (χ3v) is 18.2. The van der Waals surface area contributed by atoms with Gasteiger partial charge >= 0.3 is 21.1 Å². The minimum atomic E-state index is -0.476. The summed E-state index contributed by atoms with van der Waals surface area (Å²) in [6.45, 7) is 24.6. The maximum atomic E-state index is 6.24. The highest BCUT2D eigenvalue weighted by Gasteiger charge is 2.63. The second-order valence-electron chi connectivity index (χ2n) is 19.0. The standard InChI is InChI=1S/C20H19BO2S2.C14H7BrS2.C12H24B2O4/c1-19(2)20(3,4)23-21(22-19)16-11-13-6-8-14-15(18(13)25-16)7-5-12-9-10-24-17(12)14;15-12-7-9-2-4-10-11(14(9)17-12)3-1-8-5-6-16-13(8)10;1-9(2)10(3,4)16-13(15-9)14-17-11(5,6)12(7,8)18-14/h5-11H,1-4H3;1-7H;1-8H3. The SMILES string of the molecule is Brc1cc2ccc3c(ccc4ccsc43)c2s1.CC1(C)OB(B2OC(C)(C)C(C)(C)O2)OC1(C)C.CC1(C)OB(c2cc3ccc4c(ccc5ccsc54)c3s2)OC1(C)C. The molecule has 3 aliphatic rings. The summed E-state index contributed by atoms with van der Waals surface area (Å²) < 4.78 is 44.1. The summed E-state index contributed by atoms with van der Waals surface area (Å²) in [5.74, 6) is 0. The van der Waals surface area contributed by atoms with Gasteiger partial charge in [0, 0.05) is 45.1 Å². The van der Waals surface area contributed by atoms with Gasteiger partial charge in [0.25, 0.3) is 0 Å². The van der Waals surface area contributed by atoms with Crippen LogP contribution in [0.25, 0.3) is 61.9 Å². The highest BCUT2D eigenvalue weighted by molar-refractivity contribution is 9.11. The van der Waals surface area contributed by atoms with Crippen LogP contribution in [-0.2, 0) is 27.9 Å². The van der Waals surface area contributed by atoms with Gasteiger partial charge in [-0.3, -0.25) is 0 Å². The summed E-state index contributed by atoms with van der Waals surface area (Å²) in [4.78, 5) is 0. The number of halogens is 1. The van der Waals surface area contributed by atoms with Crippen molar-refractivity contribution in [2.75, 3.05) is 0 Å². The normalized spacial score (nSPS) is 21.1. The molecule has 60 heavy (non-hydrogen) atoms. The van der Waals surface area contributed by atoms with E-state index in [0.717, 1.165) is 4.78 Å². The lowest BCUT2D eigenvalue weighted by Gasteiger charge is -2.32. The summed E-state index contributed by atoms with van der Waals surface area (Å²) >= 11 is 10.8. The molecule has 3 saturated heterocycles. The Bertz CT molecular complexity index is 2840. The second kappa shape index (κ2) is 14.9. The van der Waals surface area contributed by atoms with Crippen molar-refractivity contribution >= 4 is 149 Å². The quantitative estimate of drug-likeness (QED) is 0.161. The molecule has 6 nitrogen and oxygen atoms in total. The smallest absolute Gasteiger partial charge is 0.405 e. The Morgan fingerprint density at radius 2 is 0.750 bits per heavy atom. The predicted molar refractivity (Wildman–Crippen MR) is 265 cm³/mol. The molecule has 0 saturated carbocycles. The summed E-state index contributed by atoms with van der Waals surface area (Å²) in [5.41, 5.74) is -2.05. The van der Waals surface area contributed by atoms with Gasteiger partial charge in [-0.25, -0.2) is 0 Å². The van der Waals surface area contributed by atoms with Crippen molar-refractivity contribution in [1.82, 2.24) is 0 Å². The highest BCUT2D eigenvalue weighted by Crippen LogP contribution is 2.44. The molecule has 310 valence electrons. The number of fused-ring (bicyclic) bond motifs is 10. The molecule has 4 aromatic carbocycles. The maximum absolute atomic E-state index is 6.24. The Morgan fingerprint density at radius 3 is 1.18 bits per heavy atom. The first-order chi connectivity index (χ1) is 28.1. The fraction of sp³-hybridized carbons (Fsp3) is 0.391. The zero-order chi connectivity index (χ0) is 42.8. The lowest BCUT2D eigenvalue weighted by Crippen LogP contribution is -2.41. The van der Waals surface area contributed by atoms with Crippen molar-refractivity contribution in [3.8, 4) is 0 Å². The van der Waals surface area contributed by atoms with Crippen molar-refractivity contribution in [2.24, 2.45) is 0 Å². The van der Waals surface area contributed by atoms with E-state index in [9.17, 15) is 0 Å². The van der Waals surface area contributed by atoms with Crippen molar-refractivity contribution in [3.63, 3.8) is 0 Å². The van der Waals surface area contributed by atoms with Crippen LogP contribution >= 0.6 is 61.3 Å². The van der Waals surface area contributed by atoms with Crippen LogP contribution < -0.4 is 4.78 Å². The van der Waals surface area contributed by atoms with Crippen LogP contribution in [0, 0.1) is 0 Å². The summed E-state index contributed by atoms with van der Waals surface area (Å²) in [6, 6.07) is 26.7. The number of hydrogen-bond donors (Lipinski definition) is 0. The van der Waals surface area contributed by atoms with Gasteiger partial charge in [-0.1, -0.05) is 48.5 Å². The topological polar surface area (TPSA) is 55.4 Å². The van der Waals surface area contributed by atoms with Gasteiger partial charge in [0.05, 0.1) is 37.4 Å². The van der Waals surface area contributed by atoms with Crippen molar-refractivity contribution in [1.29, 1.82) is 0 Å². The van der Waals surface area contributed by atoms with Gasteiger partial charge in [-0.2, -0.15) is 0 Å². The van der Waals surface area contributed by atoms with Crippen LogP contribution in [0.15, 0.2) is 87.3 Å². The Hall–Kier alpha value is -2.33. The monoisotopic (exact) mass is 938 g/mol. The van der Waals surface area contributed by atoms with Crippen LogP contribution in [0.1, 0.15) is 83.1 Å². The minimum Gasteiger partial charge on any atom is -0.405 e. The average molecular weight is 940 g/mol. The van der Waals surface area contributed by atoms with Gasteiger partial charge in [0.1, 0.15) is 0 Å². The molecule has 0 radical (unpaired) electrons. The predicted octanol–water partition coefficient (Wildman–Crippen LogP) is 13.8. The van der Waals surface area contributed by atoms with Crippen LogP contribution in [0.5, 0.6) is 0 Å². The van der Waals surface area contributed by atoms with E-state index < -0.39 is 14.0 Å². The fourth-order valence-electron chi connectivity index (χ4n) is 7.72. The van der Waals surface area contributed by atoms with Crippen LogP contribution in [-0.4, -0.2) is 54.7 Å². The van der Waals surface area contributed by atoms with Crippen LogP contribution in [0.2, 0.25) is 0 Å². The second-order valence-corrected chi connectivity index (χ2v) is 24.4. The van der Waals surface area contributed by atoms with E-state index in [4.69, 9.17) is 27.9 Å². The van der Waals surface area contributed by atoms with E-state index in [1.165, 1.54) is 65.7 Å². The molecule has 7 heterocycles. The number of benzene rings is 4. The van der Waals surface area contributed by atoms with Gasteiger partial charge in [0.2, 0.25) is 0 Å². The molecule has 11 rings (SSSR count). The van der Waals surface area contributed by atoms with E-state index in [1.54, 1.807) is 11.3 Å². The molecule has 0 N–H and O–H groups in total. The Morgan fingerprint density at radius 1 is 0.400 bits per heavy atom. The van der Waals surface area contributed by atoms with Gasteiger partial charge in [0.15, 0.2) is 0 Å². The minimum absolute atomic E-state index is 0.289. The van der Waals surface area contributed by atoms with E-state index >= 15 is 0 Å². The number of hydrogen-bond acceptors (Lipinski definition) is 10. The maximum Gasteiger partial charge on any atom is 0.505 e. The zero-order valence-corrected chi connectivity index (χ0v) is 41.1. The molecule has 0 amide bonds. The van der Waals surface area contributed by atoms with E-state index in [1.807, 2.05) is 89.4 Å². The Kier molecular flexibility index (Phi) is 10.6. The molecular weight excluding hydrogens is 889 g/mol. The molecule has 3 aliphatic heterocycles. The molecule has 14 heteroatoms.